The highest BCUT2D eigenvalue weighted by Crippen LogP contribution is 2.36. The van der Waals surface area contributed by atoms with Crippen LogP contribution < -0.4 is 20.3 Å². The van der Waals surface area contributed by atoms with Gasteiger partial charge in [0.25, 0.3) is 0 Å². The molecule has 0 aromatic carbocycles. The molecule has 14 heteroatoms. The van der Waals surface area contributed by atoms with Crippen LogP contribution in [-0.4, -0.2) is 104 Å². The van der Waals surface area contributed by atoms with Crippen LogP contribution in [0.25, 0.3) is 0 Å². The minimum atomic E-state index is -0.378. The van der Waals surface area contributed by atoms with Gasteiger partial charge in [0.1, 0.15) is 13.2 Å². The normalized spacial score (nSPS) is 18.7. The third-order valence-corrected chi connectivity index (χ3v) is 6.68. The number of fused-ring (bicyclic) bond motifs is 4. The average Bonchev–Trinajstić information content (AvgIpc) is 3.27. The van der Waals surface area contributed by atoms with Crippen molar-refractivity contribution in [3.8, 4) is 5.88 Å². The lowest BCUT2D eigenvalue weighted by molar-refractivity contribution is -0.149. The number of hydrogen-bond acceptors (Lipinski definition) is 13. The summed E-state index contributed by atoms with van der Waals surface area (Å²) < 4.78 is 26.7. The number of piperazine rings is 1. The molecule has 2 atom stereocenters. The summed E-state index contributed by atoms with van der Waals surface area (Å²) in [5.41, 5.74) is 6.97. The first-order valence-corrected chi connectivity index (χ1v) is 13.6. The zero-order valence-corrected chi connectivity index (χ0v) is 22.9. The molecule has 0 spiro atoms. The van der Waals surface area contributed by atoms with Crippen molar-refractivity contribution < 1.29 is 28.5 Å². The fourth-order valence-electron chi connectivity index (χ4n) is 4.76. The molecule has 3 aliphatic heterocycles. The van der Waals surface area contributed by atoms with Crippen molar-refractivity contribution in [1.82, 2.24) is 20.2 Å². The zero-order valence-electron chi connectivity index (χ0n) is 22.2. The monoisotopic (exact) mass is 565 g/mol. The van der Waals surface area contributed by atoms with Gasteiger partial charge >= 0.3 is 5.97 Å². The summed E-state index contributed by atoms with van der Waals surface area (Å²) in [5, 5.41) is 8.18. The van der Waals surface area contributed by atoms with Crippen LogP contribution >= 0.6 is 11.6 Å². The second-order valence-corrected chi connectivity index (χ2v) is 9.51. The number of anilines is 3. The van der Waals surface area contributed by atoms with Crippen LogP contribution in [0.15, 0.2) is 18.5 Å². The Morgan fingerprint density at radius 2 is 1.69 bits per heavy atom. The second-order valence-electron chi connectivity index (χ2n) is 9.13. The van der Waals surface area contributed by atoms with Crippen LogP contribution in [0.2, 0.25) is 5.15 Å². The predicted molar refractivity (Wildman–Crippen MR) is 144 cm³/mol. The number of nitrogens with two attached hydrogens (primary N) is 1. The molecule has 214 valence electrons. The largest absolute Gasteiger partial charge is 0.474 e. The number of nitrogen functional groups attached to an aromatic ring is 1. The number of nitrogens with zero attached hydrogens (tertiary/aromatic N) is 6. The van der Waals surface area contributed by atoms with E-state index in [0.717, 1.165) is 43.9 Å². The minimum absolute atomic E-state index is 0.0691. The van der Waals surface area contributed by atoms with Gasteiger partial charge in [-0.15, -0.1) is 10.2 Å². The van der Waals surface area contributed by atoms with Gasteiger partial charge < -0.3 is 39.2 Å². The van der Waals surface area contributed by atoms with Crippen molar-refractivity contribution in [1.29, 1.82) is 0 Å². The average molecular weight is 566 g/mol. The molecular weight excluding hydrogens is 530 g/mol. The van der Waals surface area contributed by atoms with E-state index in [4.69, 9.17) is 46.0 Å². The van der Waals surface area contributed by atoms with Crippen LogP contribution in [0, 0.1) is 0 Å². The van der Waals surface area contributed by atoms with E-state index in [-0.39, 0.29) is 24.7 Å². The van der Waals surface area contributed by atoms with E-state index >= 15 is 0 Å². The lowest BCUT2D eigenvalue weighted by Crippen LogP contribution is -2.57. The van der Waals surface area contributed by atoms with E-state index < -0.39 is 0 Å². The molecule has 2 aromatic heterocycles. The summed E-state index contributed by atoms with van der Waals surface area (Å²) in [6.07, 6.45) is 6.58. The molecule has 39 heavy (non-hydrogen) atoms. The number of halogens is 1. The number of esters is 1. The third kappa shape index (κ3) is 8.49. The first-order valence-electron chi connectivity index (χ1n) is 13.2. The van der Waals surface area contributed by atoms with Crippen molar-refractivity contribution >= 4 is 34.9 Å². The summed E-state index contributed by atoms with van der Waals surface area (Å²) in [7, 11) is 0. The van der Waals surface area contributed by atoms with E-state index in [0.29, 0.717) is 63.1 Å². The lowest BCUT2D eigenvalue weighted by atomic mass is 10.1. The van der Waals surface area contributed by atoms with Gasteiger partial charge in [-0.2, -0.15) is 4.98 Å². The van der Waals surface area contributed by atoms with Crippen LogP contribution in [0.1, 0.15) is 26.2 Å². The van der Waals surface area contributed by atoms with E-state index in [1.54, 1.807) is 25.4 Å². The Hall–Kier alpha value is -3.00. The standard InChI is InChI=1S/C25H36ClN7O6/c1-2-38-24(34)17-37-9-8-35-6-7-36-10-11-39-23-14-28-13-22(29-23)33-16-18-4-3-5-19(33)15-32(18)20-12-21(26)30-31-25(20)27/h12-14,18-19H,2-11,15-17H2,1H3,(H2,27,31). The number of hydrogen-bond donors (Lipinski definition) is 1. The topological polar surface area (TPSA) is 147 Å². The molecule has 5 heterocycles. The molecule has 2 aromatic rings. The number of ether oxygens (including phenoxy) is 5. The third-order valence-electron chi connectivity index (χ3n) is 6.49. The summed E-state index contributed by atoms with van der Waals surface area (Å²) in [4.78, 5) is 24.8. The van der Waals surface area contributed by atoms with Crippen molar-refractivity contribution in [2.45, 2.75) is 38.3 Å². The van der Waals surface area contributed by atoms with Gasteiger partial charge in [0, 0.05) is 31.2 Å². The maximum Gasteiger partial charge on any atom is 0.332 e. The Kier molecular flexibility index (Phi) is 11.1. The van der Waals surface area contributed by atoms with Crippen molar-refractivity contribution in [2.75, 3.05) is 81.5 Å². The molecule has 3 fully saturated rings. The van der Waals surface area contributed by atoms with E-state index in [1.165, 1.54) is 0 Å². The summed E-state index contributed by atoms with van der Waals surface area (Å²) in [6.45, 7) is 5.86. The van der Waals surface area contributed by atoms with Gasteiger partial charge in [0.05, 0.1) is 57.7 Å². The fourth-order valence-corrected chi connectivity index (χ4v) is 4.90. The molecule has 0 aliphatic carbocycles. The number of carbonyl (C=O) groups is 1. The SMILES string of the molecule is CCOC(=O)COCCOCCOCCOc1cncc(N2CC3CCCC2CN3c2cc(Cl)nnc2N)n1. The molecule has 3 saturated heterocycles. The maximum atomic E-state index is 11.2. The Morgan fingerprint density at radius 1 is 1.00 bits per heavy atom. The molecule has 2 unspecified atom stereocenters. The van der Waals surface area contributed by atoms with Gasteiger partial charge in [0.15, 0.2) is 16.8 Å². The molecule has 13 nitrogen and oxygen atoms in total. The van der Waals surface area contributed by atoms with E-state index in [2.05, 4.69) is 25.0 Å². The Bertz CT molecular complexity index is 1070. The van der Waals surface area contributed by atoms with Gasteiger partial charge in [-0.1, -0.05) is 11.6 Å². The molecule has 3 aliphatic rings. The quantitative estimate of drug-likeness (QED) is 0.247. The lowest BCUT2D eigenvalue weighted by Gasteiger charge is -2.45. The van der Waals surface area contributed by atoms with Gasteiger partial charge in [-0.25, -0.2) is 4.79 Å². The summed E-state index contributed by atoms with van der Waals surface area (Å²) >= 11 is 6.11. The van der Waals surface area contributed by atoms with E-state index in [1.807, 2.05) is 0 Å². The maximum absolute atomic E-state index is 11.2. The van der Waals surface area contributed by atoms with Crippen molar-refractivity contribution in [3.05, 3.63) is 23.6 Å². The molecule has 2 N–H and O–H groups in total. The molecule has 5 rings (SSSR count). The predicted octanol–water partition coefficient (Wildman–Crippen LogP) is 1.74. The molecule has 0 saturated carbocycles. The van der Waals surface area contributed by atoms with Crippen LogP contribution in [-0.2, 0) is 23.7 Å². The molecule has 0 amide bonds. The van der Waals surface area contributed by atoms with Crippen LogP contribution in [0.3, 0.4) is 0 Å². The highest BCUT2D eigenvalue weighted by atomic mass is 35.5. The molecule has 0 radical (unpaired) electrons. The Balaban J connectivity index is 1.17. The summed E-state index contributed by atoms with van der Waals surface area (Å²) in [6, 6.07) is 2.29. The molecular formula is C25H36ClN7O6. The first-order chi connectivity index (χ1) is 19.0. The second kappa shape index (κ2) is 15.0. The molecule has 2 bridgehead atoms. The minimum Gasteiger partial charge on any atom is -0.474 e. The van der Waals surface area contributed by atoms with E-state index in [9.17, 15) is 4.79 Å². The number of aromatic nitrogens is 4. The van der Waals surface area contributed by atoms with Gasteiger partial charge in [-0.05, 0) is 26.2 Å². The highest BCUT2D eigenvalue weighted by Gasteiger charge is 2.38. The number of carbonyl (C=O) groups excluding carboxylic acids is 1. The number of rotatable bonds is 15. The van der Waals surface area contributed by atoms with Crippen LogP contribution in [0.5, 0.6) is 5.88 Å². The first kappa shape index (κ1) is 29.0. The zero-order chi connectivity index (χ0) is 27.5. The van der Waals surface area contributed by atoms with Crippen molar-refractivity contribution in [2.24, 2.45) is 0 Å². The highest BCUT2D eigenvalue weighted by molar-refractivity contribution is 6.29. The smallest absolute Gasteiger partial charge is 0.332 e. The Morgan fingerprint density at radius 3 is 2.46 bits per heavy atom. The fraction of sp³-hybridized carbons (Fsp3) is 0.640. The Labute approximate surface area is 232 Å². The van der Waals surface area contributed by atoms with Gasteiger partial charge in [0.2, 0.25) is 5.88 Å². The summed E-state index contributed by atoms with van der Waals surface area (Å²) in [5.74, 6) is 1.26. The van der Waals surface area contributed by atoms with Gasteiger partial charge in [-0.3, -0.25) is 4.98 Å². The van der Waals surface area contributed by atoms with Crippen LogP contribution in [0.4, 0.5) is 17.3 Å². The van der Waals surface area contributed by atoms with Crippen molar-refractivity contribution in [3.63, 3.8) is 0 Å².